The SMILES string of the molecule is CCCOc1ccc(/C(O)=C/C(=O)C(=O)OC)cc1. The Labute approximate surface area is 111 Å². The van der Waals surface area contributed by atoms with Crippen LogP contribution in [-0.4, -0.2) is 30.6 Å². The Hall–Kier alpha value is -2.30. The first-order valence-electron chi connectivity index (χ1n) is 5.84. The summed E-state index contributed by atoms with van der Waals surface area (Å²) in [7, 11) is 1.10. The second kappa shape index (κ2) is 7.20. The van der Waals surface area contributed by atoms with Crippen molar-refractivity contribution in [3.8, 4) is 5.75 Å². The molecule has 5 heteroatoms. The van der Waals surface area contributed by atoms with Gasteiger partial charge in [-0.15, -0.1) is 0 Å². The molecule has 0 heterocycles. The van der Waals surface area contributed by atoms with Crippen LogP contribution in [0.4, 0.5) is 0 Å². The molecular weight excluding hydrogens is 248 g/mol. The molecule has 0 fully saturated rings. The number of hydrogen-bond acceptors (Lipinski definition) is 5. The number of carbonyl (C=O) groups excluding carboxylic acids is 2. The van der Waals surface area contributed by atoms with Crippen molar-refractivity contribution in [2.24, 2.45) is 0 Å². The summed E-state index contributed by atoms with van der Waals surface area (Å²) in [6.07, 6.45) is 1.73. The largest absolute Gasteiger partial charge is 0.507 e. The highest BCUT2D eigenvalue weighted by Crippen LogP contribution is 2.17. The first kappa shape index (κ1) is 14.8. The molecule has 0 bridgehead atoms. The van der Waals surface area contributed by atoms with E-state index in [-0.39, 0.29) is 5.76 Å². The highest BCUT2D eigenvalue weighted by Gasteiger charge is 2.12. The van der Waals surface area contributed by atoms with E-state index in [2.05, 4.69) is 4.74 Å². The third-order valence-electron chi connectivity index (χ3n) is 2.28. The molecule has 0 aliphatic rings. The van der Waals surface area contributed by atoms with Crippen LogP contribution in [0.3, 0.4) is 0 Å². The molecule has 1 N–H and O–H groups in total. The lowest BCUT2D eigenvalue weighted by Gasteiger charge is -2.05. The molecule has 19 heavy (non-hydrogen) atoms. The maximum atomic E-state index is 11.2. The third-order valence-corrected chi connectivity index (χ3v) is 2.28. The van der Waals surface area contributed by atoms with Crippen molar-refractivity contribution >= 4 is 17.5 Å². The Morgan fingerprint density at radius 2 is 1.89 bits per heavy atom. The van der Waals surface area contributed by atoms with Crippen molar-refractivity contribution in [3.63, 3.8) is 0 Å². The van der Waals surface area contributed by atoms with Gasteiger partial charge < -0.3 is 14.6 Å². The summed E-state index contributed by atoms with van der Waals surface area (Å²) in [6.45, 7) is 2.61. The minimum atomic E-state index is -1.02. The van der Waals surface area contributed by atoms with Gasteiger partial charge in [0.15, 0.2) is 0 Å². The lowest BCUT2D eigenvalue weighted by Crippen LogP contribution is -2.13. The number of benzene rings is 1. The Balaban J connectivity index is 2.77. The lowest BCUT2D eigenvalue weighted by molar-refractivity contribution is -0.149. The summed E-state index contributed by atoms with van der Waals surface area (Å²) >= 11 is 0. The van der Waals surface area contributed by atoms with Crippen LogP contribution in [0.2, 0.25) is 0 Å². The summed E-state index contributed by atoms with van der Waals surface area (Å²) in [6, 6.07) is 6.55. The van der Waals surface area contributed by atoms with Crippen molar-refractivity contribution in [2.45, 2.75) is 13.3 Å². The first-order valence-corrected chi connectivity index (χ1v) is 5.84. The predicted octanol–water partition coefficient (Wildman–Crippen LogP) is 2.12. The van der Waals surface area contributed by atoms with Crippen molar-refractivity contribution in [1.82, 2.24) is 0 Å². The zero-order chi connectivity index (χ0) is 14.3. The van der Waals surface area contributed by atoms with Gasteiger partial charge in [0.1, 0.15) is 11.5 Å². The van der Waals surface area contributed by atoms with Crippen molar-refractivity contribution in [1.29, 1.82) is 0 Å². The molecule has 0 aromatic heterocycles. The van der Waals surface area contributed by atoms with Crippen LogP contribution < -0.4 is 4.74 Å². The summed E-state index contributed by atoms with van der Waals surface area (Å²) in [5, 5.41) is 9.69. The average Bonchev–Trinajstić information content (AvgIpc) is 2.44. The standard InChI is InChI=1S/C14H16O5/c1-3-8-19-11-6-4-10(5-7-11)12(15)9-13(16)14(17)18-2/h4-7,9,15H,3,8H2,1-2H3/b12-9-. The van der Waals surface area contributed by atoms with E-state index in [1.54, 1.807) is 24.3 Å². The zero-order valence-electron chi connectivity index (χ0n) is 10.9. The fraction of sp³-hybridized carbons (Fsp3) is 0.286. The van der Waals surface area contributed by atoms with Crippen LogP contribution >= 0.6 is 0 Å². The van der Waals surface area contributed by atoms with E-state index in [0.29, 0.717) is 17.9 Å². The van der Waals surface area contributed by atoms with Gasteiger partial charge in [0.2, 0.25) is 0 Å². The quantitative estimate of drug-likeness (QED) is 0.369. The van der Waals surface area contributed by atoms with Gasteiger partial charge in [-0.1, -0.05) is 6.92 Å². The van der Waals surface area contributed by atoms with Crippen molar-refractivity contribution in [3.05, 3.63) is 35.9 Å². The summed E-state index contributed by atoms with van der Waals surface area (Å²) in [5.41, 5.74) is 0.418. The Morgan fingerprint density at radius 3 is 2.42 bits per heavy atom. The number of esters is 1. The number of ether oxygens (including phenoxy) is 2. The summed E-state index contributed by atoms with van der Waals surface area (Å²) in [5.74, 6) is -1.55. The molecule has 0 unspecified atom stereocenters. The van der Waals surface area contributed by atoms with Crippen LogP contribution in [0.15, 0.2) is 30.3 Å². The van der Waals surface area contributed by atoms with Gasteiger partial charge >= 0.3 is 5.97 Å². The maximum absolute atomic E-state index is 11.2. The number of methoxy groups -OCH3 is 1. The van der Waals surface area contributed by atoms with Gasteiger partial charge in [-0.2, -0.15) is 0 Å². The van der Waals surface area contributed by atoms with Crippen LogP contribution in [0.5, 0.6) is 5.75 Å². The highest BCUT2D eigenvalue weighted by atomic mass is 16.5. The molecule has 0 spiro atoms. The zero-order valence-corrected chi connectivity index (χ0v) is 10.9. The normalized spacial score (nSPS) is 10.9. The number of rotatable bonds is 6. The number of aliphatic hydroxyl groups excluding tert-OH is 1. The van der Waals surface area contributed by atoms with E-state index in [4.69, 9.17) is 4.74 Å². The second-order valence-corrected chi connectivity index (χ2v) is 3.76. The van der Waals surface area contributed by atoms with Gasteiger partial charge in [-0.05, 0) is 30.7 Å². The van der Waals surface area contributed by atoms with Crippen LogP contribution in [0.1, 0.15) is 18.9 Å². The third kappa shape index (κ3) is 4.46. The molecule has 0 atom stereocenters. The molecule has 5 nitrogen and oxygen atoms in total. The number of ketones is 1. The molecule has 0 amide bonds. The van der Waals surface area contributed by atoms with E-state index in [9.17, 15) is 14.7 Å². The van der Waals surface area contributed by atoms with Gasteiger partial charge in [0.05, 0.1) is 13.7 Å². The van der Waals surface area contributed by atoms with E-state index >= 15 is 0 Å². The molecule has 0 saturated heterocycles. The van der Waals surface area contributed by atoms with Gasteiger partial charge in [-0.25, -0.2) is 4.79 Å². The molecule has 0 aliphatic carbocycles. The second-order valence-electron chi connectivity index (χ2n) is 3.76. The Morgan fingerprint density at radius 1 is 1.26 bits per heavy atom. The topological polar surface area (TPSA) is 72.8 Å². The van der Waals surface area contributed by atoms with Gasteiger partial charge in [-0.3, -0.25) is 4.79 Å². The smallest absolute Gasteiger partial charge is 0.378 e. The predicted molar refractivity (Wildman–Crippen MR) is 69.9 cm³/mol. The van der Waals surface area contributed by atoms with Crippen molar-refractivity contribution < 1.29 is 24.2 Å². The van der Waals surface area contributed by atoms with Crippen LogP contribution in [0, 0.1) is 0 Å². The van der Waals surface area contributed by atoms with E-state index < -0.39 is 11.8 Å². The lowest BCUT2D eigenvalue weighted by atomic mass is 10.1. The fourth-order valence-electron chi connectivity index (χ4n) is 1.31. The first-order chi connectivity index (χ1) is 9.08. The number of aliphatic hydroxyl groups is 1. The van der Waals surface area contributed by atoms with E-state index in [1.165, 1.54) is 0 Å². The molecular formula is C14H16O5. The minimum Gasteiger partial charge on any atom is -0.507 e. The molecule has 102 valence electrons. The van der Waals surface area contributed by atoms with Crippen molar-refractivity contribution in [2.75, 3.05) is 13.7 Å². The molecule has 1 rings (SSSR count). The van der Waals surface area contributed by atoms with E-state index in [1.807, 2.05) is 6.92 Å². The Bertz CT molecular complexity index is 473. The highest BCUT2D eigenvalue weighted by molar-refractivity contribution is 6.39. The molecule has 0 aliphatic heterocycles. The Kier molecular flexibility index (Phi) is 5.60. The van der Waals surface area contributed by atoms with Crippen LogP contribution in [0.25, 0.3) is 5.76 Å². The number of carbonyl (C=O) groups is 2. The maximum Gasteiger partial charge on any atom is 0.378 e. The molecule has 1 aromatic rings. The monoisotopic (exact) mass is 264 g/mol. The minimum absolute atomic E-state index is 0.294. The molecule has 1 aromatic carbocycles. The summed E-state index contributed by atoms with van der Waals surface area (Å²) in [4.78, 5) is 22.1. The van der Waals surface area contributed by atoms with E-state index in [0.717, 1.165) is 19.6 Å². The molecule has 0 radical (unpaired) electrons. The average molecular weight is 264 g/mol. The molecule has 0 saturated carbocycles. The van der Waals surface area contributed by atoms with Gasteiger partial charge in [0, 0.05) is 11.6 Å². The van der Waals surface area contributed by atoms with Crippen LogP contribution in [-0.2, 0) is 14.3 Å². The van der Waals surface area contributed by atoms with Gasteiger partial charge in [0.25, 0.3) is 5.78 Å². The summed E-state index contributed by atoms with van der Waals surface area (Å²) < 4.78 is 9.63. The number of hydrogen-bond donors (Lipinski definition) is 1. The fourth-order valence-corrected chi connectivity index (χ4v) is 1.31.